The van der Waals surface area contributed by atoms with Crippen LogP contribution in [0.4, 0.5) is 0 Å². The molecule has 1 saturated heterocycles. The molecule has 0 aromatic heterocycles. The molecular formula is C28H33Cl3N2O5S. The summed E-state index contributed by atoms with van der Waals surface area (Å²) in [5, 5.41) is 23.4. The Kier molecular flexibility index (Phi) is 12.7. The van der Waals surface area contributed by atoms with Gasteiger partial charge >= 0.3 is 5.97 Å². The normalized spacial score (nSPS) is 16.2. The zero-order chi connectivity index (χ0) is 26.4. The molecule has 2 atom stereocenters. The highest BCUT2D eigenvalue weighted by molar-refractivity contribution is 7.91. The van der Waals surface area contributed by atoms with E-state index in [1.807, 2.05) is 11.0 Å². The molecule has 0 bridgehead atoms. The number of carbonyl (C=O) groups is 1. The van der Waals surface area contributed by atoms with E-state index in [0.717, 1.165) is 29.7 Å². The Morgan fingerprint density at radius 3 is 2.21 bits per heavy atom. The number of likely N-dealkylation sites (tertiary alicyclic amines) is 1. The van der Waals surface area contributed by atoms with Crippen molar-refractivity contribution < 1.29 is 23.4 Å². The standard InChI is InChI=1S/C28H31ClN2O5S.2ClH/c29-23-4-1-3-22(17-23)27(32)18-30-15-14-20-6-10-24(11-7-20)37(35,36)25-12-8-21(9-13-25)19-31-16-2-5-26(31)28(33)34;;/h1,3-4,6-13,17,26-27,30,32H,2,5,14-16,18-19H2,(H,33,34);2*1H/t26-,27+;;/m0../s1. The lowest BCUT2D eigenvalue weighted by molar-refractivity contribution is -0.142. The van der Waals surface area contributed by atoms with Crippen molar-refractivity contribution in [1.29, 1.82) is 0 Å². The lowest BCUT2D eigenvalue weighted by Gasteiger charge is -2.21. The van der Waals surface area contributed by atoms with Gasteiger partial charge < -0.3 is 15.5 Å². The van der Waals surface area contributed by atoms with Crippen molar-refractivity contribution in [3.05, 3.63) is 94.5 Å². The SMILES string of the molecule is Cl.Cl.O=C(O)[C@@H]1CCCN1Cc1ccc(S(=O)(=O)c2ccc(CCNC[C@@H](O)c3cccc(Cl)c3)cc2)cc1. The molecule has 11 heteroatoms. The monoisotopic (exact) mass is 614 g/mol. The molecule has 3 aromatic rings. The minimum absolute atomic E-state index is 0. The zero-order valence-corrected chi connectivity index (χ0v) is 24.4. The van der Waals surface area contributed by atoms with Crippen LogP contribution in [0.2, 0.25) is 5.02 Å². The van der Waals surface area contributed by atoms with Gasteiger partial charge in [-0.05, 0) is 85.4 Å². The van der Waals surface area contributed by atoms with Crippen LogP contribution in [0, 0.1) is 0 Å². The first-order chi connectivity index (χ1) is 17.7. The highest BCUT2D eigenvalue weighted by Gasteiger charge is 2.30. The van der Waals surface area contributed by atoms with Crippen LogP contribution in [0.25, 0.3) is 0 Å². The van der Waals surface area contributed by atoms with Gasteiger partial charge in [-0.3, -0.25) is 9.69 Å². The van der Waals surface area contributed by atoms with E-state index < -0.39 is 28.0 Å². The second-order valence-corrected chi connectivity index (χ2v) is 11.7. The van der Waals surface area contributed by atoms with Gasteiger partial charge in [0.15, 0.2) is 0 Å². The summed E-state index contributed by atoms with van der Waals surface area (Å²) in [7, 11) is -3.66. The van der Waals surface area contributed by atoms with Gasteiger partial charge in [0.2, 0.25) is 9.84 Å². The summed E-state index contributed by atoms with van der Waals surface area (Å²) >= 11 is 5.97. The van der Waals surface area contributed by atoms with Crippen LogP contribution in [0.3, 0.4) is 0 Å². The van der Waals surface area contributed by atoms with Gasteiger partial charge in [-0.2, -0.15) is 0 Å². The minimum Gasteiger partial charge on any atom is -0.480 e. The predicted molar refractivity (Wildman–Crippen MR) is 157 cm³/mol. The average Bonchev–Trinajstić information content (AvgIpc) is 3.35. The number of carboxylic acid groups (broad SMARTS) is 1. The zero-order valence-electron chi connectivity index (χ0n) is 21.2. The molecule has 3 N–H and O–H groups in total. The number of aliphatic hydroxyl groups is 1. The van der Waals surface area contributed by atoms with E-state index in [1.165, 1.54) is 0 Å². The van der Waals surface area contributed by atoms with Crippen molar-refractivity contribution in [3.63, 3.8) is 0 Å². The van der Waals surface area contributed by atoms with E-state index >= 15 is 0 Å². The number of benzene rings is 3. The average molecular weight is 616 g/mol. The molecule has 3 aromatic carbocycles. The fraction of sp³-hybridized carbons (Fsp3) is 0.321. The molecular weight excluding hydrogens is 583 g/mol. The number of rotatable bonds is 11. The first-order valence-corrected chi connectivity index (χ1v) is 14.1. The second kappa shape index (κ2) is 15.0. The quantitative estimate of drug-likeness (QED) is 0.263. The van der Waals surface area contributed by atoms with Crippen LogP contribution < -0.4 is 5.32 Å². The molecule has 7 nitrogen and oxygen atoms in total. The first-order valence-electron chi connectivity index (χ1n) is 12.3. The maximum absolute atomic E-state index is 13.1. The molecule has 0 unspecified atom stereocenters. The van der Waals surface area contributed by atoms with E-state index in [0.29, 0.717) is 37.5 Å². The highest BCUT2D eigenvalue weighted by Crippen LogP contribution is 2.24. The highest BCUT2D eigenvalue weighted by atomic mass is 35.5. The third kappa shape index (κ3) is 8.66. The fourth-order valence-electron chi connectivity index (χ4n) is 4.58. The summed E-state index contributed by atoms with van der Waals surface area (Å²) in [6.07, 6.45) is 1.51. The van der Waals surface area contributed by atoms with Crippen LogP contribution in [-0.2, 0) is 27.6 Å². The second-order valence-electron chi connectivity index (χ2n) is 9.28. The van der Waals surface area contributed by atoms with Gasteiger partial charge in [-0.1, -0.05) is 48.0 Å². The Balaban J connectivity index is 0.00000267. The Hall–Kier alpha value is -2.17. The van der Waals surface area contributed by atoms with E-state index in [1.54, 1.807) is 66.7 Å². The number of halogens is 3. The fourth-order valence-corrected chi connectivity index (χ4v) is 6.04. The van der Waals surface area contributed by atoms with E-state index in [4.69, 9.17) is 11.6 Å². The van der Waals surface area contributed by atoms with E-state index in [9.17, 15) is 23.4 Å². The largest absolute Gasteiger partial charge is 0.480 e. The molecule has 1 aliphatic rings. The maximum atomic E-state index is 13.1. The topological polar surface area (TPSA) is 107 Å². The lowest BCUT2D eigenvalue weighted by Crippen LogP contribution is -2.35. The van der Waals surface area contributed by atoms with Crippen molar-refractivity contribution in [3.8, 4) is 0 Å². The number of aliphatic carboxylic acids is 1. The molecule has 1 aliphatic heterocycles. The summed E-state index contributed by atoms with van der Waals surface area (Å²) in [6.45, 7) is 2.22. The number of nitrogens with one attached hydrogen (secondary N) is 1. The Bertz CT molecular complexity index is 1320. The molecule has 4 rings (SSSR count). The smallest absolute Gasteiger partial charge is 0.320 e. The number of carboxylic acids is 1. The number of nitrogens with zero attached hydrogens (tertiary/aromatic N) is 1. The maximum Gasteiger partial charge on any atom is 0.320 e. The number of hydrogen-bond acceptors (Lipinski definition) is 6. The molecule has 39 heavy (non-hydrogen) atoms. The molecule has 0 amide bonds. The summed E-state index contributed by atoms with van der Waals surface area (Å²) in [5.74, 6) is -0.814. The van der Waals surface area contributed by atoms with Crippen LogP contribution in [0.5, 0.6) is 0 Å². The van der Waals surface area contributed by atoms with Crippen LogP contribution in [0.15, 0.2) is 82.6 Å². The molecule has 0 aliphatic carbocycles. The van der Waals surface area contributed by atoms with E-state index in [-0.39, 0.29) is 34.6 Å². The Morgan fingerprint density at radius 2 is 1.62 bits per heavy atom. The third-order valence-electron chi connectivity index (χ3n) is 6.66. The van der Waals surface area contributed by atoms with Crippen molar-refractivity contribution >= 4 is 52.2 Å². The van der Waals surface area contributed by atoms with Crippen LogP contribution >= 0.6 is 36.4 Å². The molecule has 0 spiro atoms. The minimum atomic E-state index is -3.66. The van der Waals surface area contributed by atoms with Crippen molar-refractivity contribution in [2.24, 2.45) is 0 Å². The van der Waals surface area contributed by atoms with Crippen molar-refractivity contribution in [1.82, 2.24) is 10.2 Å². The molecule has 1 fully saturated rings. The summed E-state index contributed by atoms with van der Waals surface area (Å²) in [4.78, 5) is 13.7. The van der Waals surface area contributed by atoms with Crippen molar-refractivity contribution in [2.75, 3.05) is 19.6 Å². The Labute approximate surface area is 246 Å². The summed E-state index contributed by atoms with van der Waals surface area (Å²) in [6, 6.07) is 20.1. The van der Waals surface area contributed by atoms with Crippen molar-refractivity contribution in [2.45, 2.75) is 47.7 Å². The number of hydrogen-bond donors (Lipinski definition) is 3. The van der Waals surface area contributed by atoms with Gasteiger partial charge in [0.25, 0.3) is 0 Å². The van der Waals surface area contributed by atoms with Gasteiger partial charge in [0, 0.05) is 18.1 Å². The Morgan fingerprint density at radius 1 is 1.00 bits per heavy atom. The molecule has 1 heterocycles. The van der Waals surface area contributed by atoms with Gasteiger partial charge in [-0.15, -0.1) is 24.8 Å². The number of aliphatic hydroxyl groups excluding tert-OH is 1. The van der Waals surface area contributed by atoms with E-state index in [2.05, 4.69) is 5.32 Å². The summed E-state index contributed by atoms with van der Waals surface area (Å²) in [5.41, 5.74) is 2.62. The molecule has 0 saturated carbocycles. The predicted octanol–water partition coefficient (Wildman–Crippen LogP) is 4.93. The van der Waals surface area contributed by atoms with Gasteiger partial charge in [-0.25, -0.2) is 8.42 Å². The molecule has 0 radical (unpaired) electrons. The summed E-state index contributed by atoms with van der Waals surface area (Å²) < 4.78 is 26.2. The first kappa shape index (κ1) is 33.0. The van der Waals surface area contributed by atoms with Gasteiger partial charge in [0.1, 0.15) is 6.04 Å². The lowest BCUT2D eigenvalue weighted by atomic mass is 10.1. The van der Waals surface area contributed by atoms with Gasteiger partial charge in [0.05, 0.1) is 15.9 Å². The third-order valence-corrected chi connectivity index (χ3v) is 8.68. The van der Waals surface area contributed by atoms with Crippen LogP contribution in [-0.4, -0.2) is 55.2 Å². The van der Waals surface area contributed by atoms with Crippen LogP contribution in [0.1, 0.15) is 35.6 Å². The molecule has 212 valence electrons. The number of sulfone groups is 1.